The molecule has 3 heterocycles. The van der Waals surface area contributed by atoms with Crippen molar-refractivity contribution < 1.29 is 14.0 Å². The number of rotatable bonds is 3. The van der Waals surface area contributed by atoms with Crippen LogP contribution in [0.2, 0.25) is 0 Å². The summed E-state index contributed by atoms with van der Waals surface area (Å²) in [5.74, 6) is -0.253. The number of nitrogens with one attached hydrogen (secondary N) is 1. The summed E-state index contributed by atoms with van der Waals surface area (Å²) in [5, 5.41) is 6.02. The van der Waals surface area contributed by atoms with Crippen LogP contribution in [0.3, 0.4) is 0 Å². The zero-order chi connectivity index (χ0) is 18.8. The molecule has 9 nitrogen and oxygen atoms in total. The molecular weight excluding hydrogens is 350 g/mol. The van der Waals surface area contributed by atoms with Crippen molar-refractivity contribution in [1.29, 1.82) is 0 Å². The molecule has 3 aromatic rings. The number of amides is 2. The second-order valence-corrected chi connectivity index (χ2v) is 6.31. The molecule has 1 aromatic carbocycles. The van der Waals surface area contributed by atoms with Crippen LogP contribution in [0, 0.1) is 0 Å². The van der Waals surface area contributed by atoms with Crippen LogP contribution in [-0.2, 0) is 11.2 Å². The van der Waals surface area contributed by atoms with E-state index in [0.29, 0.717) is 31.8 Å². The van der Waals surface area contributed by atoms with E-state index in [9.17, 15) is 14.4 Å². The van der Waals surface area contributed by atoms with E-state index in [1.807, 2.05) is 18.2 Å². The number of nitrogens with zero attached hydrogens (tertiary/aromatic N) is 4. The second kappa shape index (κ2) is 7.02. The van der Waals surface area contributed by atoms with Crippen molar-refractivity contribution in [3.63, 3.8) is 0 Å². The highest BCUT2D eigenvalue weighted by Gasteiger charge is 2.25. The van der Waals surface area contributed by atoms with Crippen molar-refractivity contribution in [2.75, 3.05) is 26.2 Å². The van der Waals surface area contributed by atoms with Crippen LogP contribution in [0.1, 0.15) is 16.1 Å². The molecule has 2 aromatic heterocycles. The average molecular weight is 367 g/mol. The maximum absolute atomic E-state index is 12.6. The van der Waals surface area contributed by atoms with Crippen molar-refractivity contribution in [3.8, 4) is 0 Å². The smallest absolute Gasteiger partial charge is 0.274 e. The first-order valence-corrected chi connectivity index (χ1v) is 8.55. The van der Waals surface area contributed by atoms with E-state index < -0.39 is 0 Å². The van der Waals surface area contributed by atoms with Gasteiger partial charge in [0.15, 0.2) is 12.0 Å². The Morgan fingerprint density at radius 1 is 1.07 bits per heavy atom. The third-order valence-corrected chi connectivity index (χ3v) is 4.57. The lowest BCUT2D eigenvalue weighted by atomic mass is 10.1. The van der Waals surface area contributed by atoms with Crippen molar-refractivity contribution in [1.82, 2.24) is 25.0 Å². The third kappa shape index (κ3) is 3.57. The van der Waals surface area contributed by atoms with E-state index in [1.54, 1.807) is 9.80 Å². The number of hydrogen-bond acceptors (Lipinski definition) is 6. The van der Waals surface area contributed by atoms with Gasteiger partial charge in [0.1, 0.15) is 11.2 Å². The highest BCUT2D eigenvalue weighted by molar-refractivity contribution is 5.92. The fraction of sp³-hybridized carbons (Fsp3) is 0.278. The SMILES string of the molecule is O=C(Cc1ccc2ncoc2c1)N1CCN(C(=O)c2ccc(=O)[nH]n2)CC1. The Bertz CT molecular complexity index is 1030. The maximum Gasteiger partial charge on any atom is 0.274 e. The van der Waals surface area contributed by atoms with Gasteiger partial charge in [-0.05, 0) is 23.8 Å². The molecular formula is C18H17N5O4. The van der Waals surface area contributed by atoms with Crippen LogP contribution in [0.5, 0.6) is 0 Å². The van der Waals surface area contributed by atoms with Gasteiger partial charge in [-0.3, -0.25) is 14.4 Å². The van der Waals surface area contributed by atoms with Crippen LogP contribution in [-0.4, -0.2) is 63.0 Å². The molecule has 1 fully saturated rings. The summed E-state index contributed by atoms with van der Waals surface area (Å²) in [4.78, 5) is 43.4. The molecule has 27 heavy (non-hydrogen) atoms. The normalized spacial score (nSPS) is 14.5. The number of carbonyl (C=O) groups is 2. The zero-order valence-electron chi connectivity index (χ0n) is 14.4. The summed E-state index contributed by atoms with van der Waals surface area (Å²) in [6, 6.07) is 8.19. The Morgan fingerprint density at radius 3 is 2.59 bits per heavy atom. The lowest BCUT2D eigenvalue weighted by Crippen LogP contribution is -2.51. The number of aromatic nitrogens is 3. The van der Waals surface area contributed by atoms with Gasteiger partial charge in [-0.1, -0.05) is 6.07 Å². The summed E-state index contributed by atoms with van der Waals surface area (Å²) >= 11 is 0. The molecule has 1 aliphatic heterocycles. The molecule has 0 spiro atoms. The number of carbonyl (C=O) groups excluding carboxylic acids is 2. The zero-order valence-corrected chi connectivity index (χ0v) is 14.4. The number of piperazine rings is 1. The average Bonchev–Trinajstić information content (AvgIpc) is 3.16. The predicted octanol–water partition coefficient (Wildman–Crippen LogP) is 0.438. The van der Waals surface area contributed by atoms with Gasteiger partial charge in [0.05, 0.1) is 6.42 Å². The van der Waals surface area contributed by atoms with Crippen molar-refractivity contribution >= 4 is 22.9 Å². The summed E-state index contributed by atoms with van der Waals surface area (Å²) in [6.45, 7) is 1.76. The van der Waals surface area contributed by atoms with Gasteiger partial charge < -0.3 is 14.2 Å². The number of hydrogen-bond donors (Lipinski definition) is 1. The van der Waals surface area contributed by atoms with E-state index in [4.69, 9.17) is 4.42 Å². The van der Waals surface area contributed by atoms with E-state index in [0.717, 1.165) is 11.1 Å². The predicted molar refractivity (Wildman–Crippen MR) is 95.1 cm³/mol. The molecule has 1 saturated heterocycles. The largest absolute Gasteiger partial charge is 0.443 e. The van der Waals surface area contributed by atoms with Crippen LogP contribution in [0.4, 0.5) is 0 Å². The van der Waals surface area contributed by atoms with Crippen LogP contribution in [0.15, 0.2) is 45.9 Å². The molecule has 138 valence electrons. The lowest BCUT2D eigenvalue weighted by Gasteiger charge is -2.34. The second-order valence-electron chi connectivity index (χ2n) is 6.31. The molecule has 0 radical (unpaired) electrons. The van der Waals surface area contributed by atoms with Gasteiger partial charge in [-0.25, -0.2) is 10.1 Å². The van der Waals surface area contributed by atoms with Gasteiger partial charge in [0.2, 0.25) is 5.91 Å². The maximum atomic E-state index is 12.6. The summed E-state index contributed by atoms with van der Waals surface area (Å²) in [5.41, 5.74) is 2.11. The number of H-pyrrole nitrogens is 1. The van der Waals surface area contributed by atoms with E-state index >= 15 is 0 Å². The Morgan fingerprint density at radius 2 is 1.85 bits per heavy atom. The molecule has 2 amide bonds. The van der Waals surface area contributed by atoms with Gasteiger partial charge >= 0.3 is 0 Å². The first-order valence-electron chi connectivity index (χ1n) is 8.55. The van der Waals surface area contributed by atoms with Gasteiger partial charge in [-0.2, -0.15) is 5.10 Å². The third-order valence-electron chi connectivity index (χ3n) is 4.57. The summed E-state index contributed by atoms with van der Waals surface area (Å²) in [7, 11) is 0. The van der Waals surface area contributed by atoms with Crippen molar-refractivity contribution in [2.45, 2.75) is 6.42 Å². The van der Waals surface area contributed by atoms with Crippen LogP contribution in [0.25, 0.3) is 11.1 Å². The van der Waals surface area contributed by atoms with E-state index in [1.165, 1.54) is 18.5 Å². The number of benzene rings is 1. The Kier molecular flexibility index (Phi) is 4.41. The monoisotopic (exact) mass is 367 g/mol. The molecule has 1 aliphatic rings. The Balaban J connectivity index is 1.35. The van der Waals surface area contributed by atoms with Crippen LogP contribution < -0.4 is 5.56 Å². The highest BCUT2D eigenvalue weighted by Crippen LogP contribution is 2.16. The lowest BCUT2D eigenvalue weighted by molar-refractivity contribution is -0.131. The van der Waals surface area contributed by atoms with Crippen molar-refractivity contribution in [2.24, 2.45) is 0 Å². The number of aromatic amines is 1. The molecule has 1 N–H and O–H groups in total. The Hall–Kier alpha value is -3.49. The van der Waals surface area contributed by atoms with Crippen LogP contribution >= 0.6 is 0 Å². The van der Waals surface area contributed by atoms with Gasteiger partial charge in [-0.15, -0.1) is 0 Å². The molecule has 0 saturated carbocycles. The van der Waals surface area contributed by atoms with Crippen molar-refractivity contribution in [3.05, 3.63) is 58.3 Å². The molecule has 0 aliphatic carbocycles. The fourth-order valence-corrected chi connectivity index (χ4v) is 3.08. The minimum absolute atomic E-state index is 0.00290. The van der Waals surface area contributed by atoms with Gasteiger partial charge in [0.25, 0.3) is 11.5 Å². The quantitative estimate of drug-likeness (QED) is 0.719. The molecule has 0 unspecified atom stereocenters. The molecule has 9 heteroatoms. The molecule has 0 bridgehead atoms. The summed E-state index contributed by atoms with van der Waals surface area (Å²) < 4.78 is 5.27. The number of oxazole rings is 1. The first-order chi connectivity index (χ1) is 13.1. The standard InChI is InChI=1S/C18H17N5O4/c24-16-4-3-14(20-21-16)18(26)23-7-5-22(6-8-23)17(25)10-12-1-2-13-15(9-12)27-11-19-13/h1-4,9,11H,5-8,10H2,(H,21,24). The Labute approximate surface area is 153 Å². The topological polar surface area (TPSA) is 112 Å². The van der Waals surface area contributed by atoms with Gasteiger partial charge in [0, 0.05) is 32.2 Å². The molecule has 4 rings (SSSR count). The van der Waals surface area contributed by atoms with E-state index in [2.05, 4.69) is 15.2 Å². The minimum Gasteiger partial charge on any atom is -0.443 e. The summed E-state index contributed by atoms with van der Waals surface area (Å²) in [6.07, 6.45) is 1.65. The molecule has 0 atom stereocenters. The highest BCUT2D eigenvalue weighted by atomic mass is 16.3. The number of fused-ring (bicyclic) bond motifs is 1. The van der Waals surface area contributed by atoms with E-state index in [-0.39, 0.29) is 29.5 Å². The minimum atomic E-state index is -0.356. The fourth-order valence-electron chi connectivity index (χ4n) is 3.08. The first kappa shape index (κ1) is 17.0.